The summed E-state index contributed by atoms with van der Waals surface area (Å²) in [6, 6.07) is 7.71. The van der Waals surface area contributed by atoms with Crippen LogP contribution in [0.25, 0.3) is 0 Å². The monoisotopic (exact) mass is 203 g/mol. The van der Waals surface area contributed by atoms with Crippen LogP contribution in [0.15, 0.2) is 29.4 Å². The molecule has 4 nitrogen and oxygen atoms in total. The molecule has 0 saturated carbocycles. The fourth-order valence-electron chi connectivity index (χ4n) is 1.63. The number of carbonyl (C=O) groups is 1. The number of amides is 1. The summed E-state index contributed by atoms with van der Waals surface area (Å²) in [6.07, 6.45) is 2.77. The van der Waals surface area contributed by atoms with Gasteiger partial charge in [-0.2, -0.15) is 5.10 Å². The van der Waals surface area contributed by atoms with Gasteiger partial charge in [0.15, 0.2) is 0 Å². The first-order chi connectivity index (χ1) is 7.33. The van der Waals surface area contributed by atoms with Gasteiger partial charge >= 0.3 is 0 Å². The minimum Gasteiger partial charge on any atom is -0.330 e. The Hall–Kier alpha value is -1.68. The molecule has 0 atom stereocenters. The number of carbonyl (C=O) groups excluding carboxylic acids is 1. The van der Waals surface area contributed by atoms with Crippen molar-refractivity contribution in [2.75, 3.05) is 11.6 Å². The average Bonchev–Trinajstić information content (AvgIpc) is 2.66. The van der Waals surface area contributed by atoms with E-state index in [2.05, 4.69) is 5.10 Å². The second kappa shape index (κ2) is 4.23. The molecular weight excluding hydrogens is 190 g/mol. The summed E-state index contributed by atoms with van der Waals surface area (Å²) in [5.41, 5.74) is 7.43. The van der Waals surface area contributed by atoms with Crippen molar-refractivity contribution < 1.29 is 4.79 Å². The summed E-state index contributed by atoms with van der Waals surface area (Å²) in [5, 5.41) is 5.50. The van der Waals surface area contributed by atoms with E-state index in [-0.39, 0.29) is 5.91 Å². The van der Waals surface area contributed by atoms with Crippen LogP contribution in [0.3, 0.4) is 0 Å². The first-order valence-electron chi connectivity index (χ1n) is 4.96. The van der Waals surface area contributed by atoms with E-state index in [1.54, 1.807) is 6.21 Å². The molecule has 4 heteroatoms. The van der Waals surface area contributed by atoms with Crippen LogP contribution in [-0.2, 0) is 11.2 Å². The van der Waals surface area contributed by atoms with Crippen molar-refractivity contribution in [3.8, 4) is 0 Å². The van der Waals surface area contributed by atoms with E-state index in [1.807, 2.05) is 24.3 Å². The zero-order chi connectivity index (χ0) is 10.7. The third-order valence-corrected chi connectivity index (χ3v) is 2.33. The molecule has 15 heavy (non-hydrogen) atoms. The Morgan fingerprint density at radius 1 is 1.40 bits per heavy atom. The van der Waals surface area contributed by atoms with Crippen LogP contribution in [0.1, 0.15) is 12.0 Å². The van der Waals surface area contributed by atoms with Crippen molar-refractivity contribution in [3.63, 3.8) is 0 Å². The Morgan fingerprint density at radius 2 is 2.20 bits per heavy atom. The standard InChI is InChI=1S/C11H13N3O/c12-7-5-9-3-1-2-4-10(9)14-11(15)6-8-13-14/h1-4,8H,5-7,12H2. The molecule has 0 saturated heterocycles. The van der Waals surface area contributed by atoms with E-state index < -0.39 is 0 Å². The van der Waals surface area contributed by atoms with E-state index in [9.17, 15) is 4.79 Å². The van der Waals surface area contributed by atoms with Gasteiger partial charge in [-0.25, -0.2) is 5.01 Å². The summed E-state index contributed by atoms with van der Waals surface area (Å²) in [4.78, 5) is 11.5. The van der Waals surface area contributed by atoms with E-state index in [4.69, 9.17) is 5.73 Å². The fraction of sp³-hybridized carbons (Fsp3) is 0.273. The molecule has 0 unspecified atom stereocenters. The van der Waals surface area contributed by atoms with Crippen LogP contribution in [0, 0.1) is 0 Å². The smallest absolute Gasteiger partial charge is 0.252 e. The van der Waals surface area contributed by atoms with Gasteiger partial charge in [0.2, 0.25) is 0 Å². The van der Waals surface area contributed by atoms with Crippen molar-refractivity contribution in [1.29, 1.82) is 0 Å². The number of anilines is 1. The lowest BCUT2D eigenvalue weighted by molar-refractivity contribution is -0.116. The molecule has 1 aliphatic rings. The topological polar surface area (TPSA) is 58.7 Å². The van der Waals surface area contributed by atoms with Gasteiger partial charge in [0.25, 0.3) is 5.91 Å². The van der Waals surface area contributed by atoms with Crippen molar-refractivity contribution in [1.82, 2.24) is 0 Å². The van der Waals surface area contributed by atoms with Crippen molar-refractivity contribution in [2.24, 2.45) is 10.8 Å². The van der Waals surface area contributed by atoms with Gasteiger partial charge in [-0.15, -0.1) is 0 Å². The molecular formula is C11H13N3O. The lowest BCUT2D eigenvalue weighted by Crippen LogP contribution is -2.21. The zero-order valence-corrected chi connectivity index (χ0v) is 8.39. The first-order valence-corrected chi connectivity index (χ1v) is 4.96. The Morgan fingerprint density at radius 3 is 2.87 bits per heavy atom. The maximum Gasteiger partial charge on any atom is 0.252 e. The van der Waals surface area contributed by atoms with Gasteiger partial charge in [-0.1, -0.05) is 18.2 Å². The minimum atomic E-state index is 0.0134. The molecule has 78 valence electrons. The van der Waals surface area contributed by atoms with E-state index in [1.165, 1.54) is 5.01 Å². The van der Waals surface area contributed by atoms with Gasteiger partial charge in [0.05, 0.1) is 12.1 Å². The van der Waals surface area contributed by atoms with Gasteiger partial charge in [0, 0.05) is 6.21 Å². The van der Waals surface area contributed by atoms with Crippen LogP contribution in [0.4, 0.5) is 5.69 Å². The molecule has 1 heterocycles. The molecule has 0 radical (unpaired) electrons. The summed E-state index contributed by atoms with van der Waals surface area (Å²) in [6.45, 7) is 0.572. The molecule has 0 aromatic heterocycles. The third kappa shape index (κ3) is 1.89. The highest BCUT2D eigenvalue weighted by Crippen LogP contribution is 2.23. The highest BCUT2D eigenvalue weighted by molar-refractivity contribution is 6.05. The normalized spacial score (nSPS) is 15.0. The third-order valence-electron chi connectivity index (χ3n) is 2.33. The predicted molar refractivity (Wildman–Crippen MR) is 59.8 cm³/mol. The molecule has 1 amide bonds. The number of hydrazone groups is 1. The second-order valence-corrected chi connectivity index (χ2v) is 3.38. The first kappa shape index (κ1) is 9.86. The minimum absolute atomic E-state index is 0.0134. The summed E-state index contributed by atoms with van der Waals surface area (Å²) in [7, 11) is 0. The lowest BCUT2D eigenvalue weighted by Gasteiger charge is -2.15. The van der Waals surface area contributed by atoms with Crippen LogP contribution in [0.5, 0.6) is 0 Å². The van der Waals surface area contributed by atoms with E-state index >= 15 is 0 Å². The molecule has 2 rings (SSSR count). The van der Waals surface area contributed by atoms with Crippen LogP contribution >= 0.6 is 0 Å². The highest BCUT2D eigenvalue weighted by Gasteiger charge is 2.20. The molecule has 0 bridgehead atoms. The van der Waals surface area contributed by atoms with Gasteiger partial charge in [-0.05, 0) is 24.6 Å². The van der Waals surface area contributed by atoms with Gasteiger partial charge < -0.3 is 5.73 Å². The van der Waals surface area contributed by atoms with E-state index in [0.29, 0.717) is 13.0 Å². The molecule has 0 aliphatic carbocycles. The predicted octanol–water partition coefficient (Wildman–Crippen LogP) is 0.910. The number of nitrogens with two attached hydrogens (primary N) is 1. The Bertz CT molecular complexity index is 401. The maximum absolute atomic E-state index is 11.5. The van der Waals surface area contributed by atoms with Gasteiger partial charge in [0.1, 0.15) is 0 Å². The van der Waals surface area contributed by atoms with Crippen LogP contribution in [-0.4, -0.2) is 18.7 Å². The molecule has 2 N–H and O–H groups in total. The fourth-order valence-corrected chi connectivity index (χ4v) is 1.63. The summed E-state index contributed by atoms with van der Waals surface area (Å²) in [5.74, 6) is 0.0134. The quantitative estimate of drug-likeness (QED) is 0.793. The Balaban J connectivity index is 2.34. The van der Waals surface area contributed by atoms with Crippen molar-refractivity contribution in [2.45, 2.75) is 12.8 Å². The highest BCUT2D eigenvalue weighted by atomic mass is 16.2. The number of para-hydroxylation sites is 1. The number of hydrogen-bond donors (Lipinski definition) is 1. The second-order valence-electron chi connectivity index (χ2n) is 3.38. The molecule has 0 spiro atoms. The Kier molecular flexibility index (Phi) is 2.78. The van der Waals surface area contributed by atoms with Gasteiger partial charge in [-0.3, -0.25) is 4.79 Å². The average molecular weight is 203 g/mol. The molecule has 0 fully saturated rings. The molecule has 1 aromatic rings. The largest absolute Gasteiger partial charge is 0.330 e. The SMILES string of the molecule is NCCc1ccccc1N1N=CCC1=O. The number of rotatable bonds is 3. The molecule has 1 aromatic carbocycles. The van der Waals surface area contributed by atoms with Crippen molar-refractivity contribution >= 4 is 17.8 Å². The number of benzene rings is 1. The summed E-state index contributed by atoms with van der Waals surface area (Å²) < 4.78 is 0. The number of hydrogen-bond acceptors (Lipinski definition) is 3. The van der Waals surface area contributed by atoms with Crippen molar-refractivity contribution in [3.05, 3.63) is 29.8 Å². The Labute approximate surface area is 88.4 Å². The summed E-state index contributed by atoms with van der Waals surface area (Å²) >= 11 is 0. The number of nitrogens with zero attached hydrogens (tertiary/aromatic N) is 2. The van der Waals surface area contributed by atoms with E-state index in [0.717, 1.165) is 17.7 Å². The lowest BCUT2D eigenvalue weighted by atomic mass is 10.1. The maximum atomic E-state index is 11.5. The zero-order valence-electron chi connectivity index (χ0n) is 8.39. The van der Waals surface area contributed by atoms with Crippen LogP contribution in [0.2, 0.25) is 0 Å². The molecule has 1 aliphatic heterocycles. The van der Waals surface area contributed by atoms with Crippen LogP contribution < -0.4 is 10.7 Å².